The molecule has 10 heteroatoms. The van der Waals surface area contributed by atoms with Gasteiger partial charge in [0.15, 0.2) is 9.84 Å². The van der Waals surface area contributed by atoms with Gasteiger partial charge < -0.3 is 0 Å². The second-order valence-corrected chi connectivity index (χ2v) is 8.56. The van der Waals surface area contributed by atoms with Crippen molar-refractivity contribution in [1.82, 2.24) is 9.78 Å². The van der Waals surface area contributed by atoms with Crippen molar-refractivity contribution >= 4 is 25.8 Å². The molecule has 0 aliphatic carbocycles. The first-order valence-corrected chi connectivity index (χ1v) is 10.1. The Labute approximate surface area is 160 Å². The van der Waals surface area contributed by atoms with Crippen molar-refractivity contribution in [2.24, 2.45) is 0 Å². The molecule has 0 unspecified atom stereocenters. The molecule has 0 amide bonds. The van der Waals surface area contributed by atoms with Crippen molar-refractivity contribution in [3.8, 4) is 16.9 Å². The molecule has 0 saturated carbocycles. The summed E-state index contributed by atoms with van der Waals surface area (Å²) in [5, 5.41) is 3.81. The van der Waals surface area contributed by atoms with Crippen LogP contribution in [0.1, 0.15) is 12.1 Å². The molecule has 0 spiro atoms. The Kier molecular flexibility index (Phi) is 5.13. The highest BCUT2D eigenvalue weighted by atomic mass is 79.9. The molecule has 0 radical (unpaired) electrons. The van der Waals surface area contributed by atoms with Gasteiger partial charge in [-0.1, -0.05) is 22.0 Å². The molecule has 0 aliphatic rings. The van der Waals surface area contributed by atoms with E-state index >= 15 is 0 Å². The summed E-state index contributed by atoms with van der Waals surface area (Å²) in [5.41, 5.74) is -0.352. The fourth-order valence-corrected chi connectivity index (χ4v) is 3.79. The molecule has 4 nitrogen and oxygen atoms in total. The molecule has 0 N–H and O–H groups in total. The number of alkyl halides is 2. The summed E-state index contributed by atoms with van der Waals surface area (Å²) >= 11 is 3.25. The van der Waals surface area contributed by atoms with Crippen LogP contribution in [0.4, 0.5) is 17.6 Å². The fraction of sp³-hybridized carbons (Fsp3) is 0.118. The van der Waals surface area contributed by atoms with E-state index in [1.54, 1.807) is 24.3 Å². The van der Waals surface area contributed by atoms with Gasteiger partial charge >= 0.3 is 0 Å². The Bertz CT molecular complexity index is 1110. The molecule has 1 heterocycles. The summed E-state index contributed by atoms with van der Waals surface area (Å²) in [6, 6.07) is 9.07. The number of benzene rings is 2. The normalized spacial score (nSPS) is 12.0. The molecule has 0 aliphatic heterocycles. The lowest BCUT2D eigenvalue weighted by molar-refractivity contribution is 0.145. The first kappa shape index (κ1) is 19.6. The smallest absolute Gasteiger partial charge is 0.233 e. The highest BCUT2D eigenvalue weighted by Gasteiger charge is 2.24. The molecule has 0 fully saturated rings. The Morgan fingerprint density at radius 2 is 1.70 bits per heavy atom. The van der Waals surface area contributed by atoms with E-state index in [0.29, 0.717) is 16.4 Å². The molecule has 1 aromatic heterocycles. The predicted molar refractivity (Wildman–Crippen MR) is 94.7 cm³/mol. The van der Waals surface area contributed by atoms with Crippen molar-refractivity contribution in [2.75, 3.05) is 6.26 Å². The molecule has 0 atom stereocenters. The van der Waals surface area contributed by atoms with Crippen LogP contribution in [0.25, 0.3) is 16.9 Å². The average Bonchev–Trinajstić information content (AvgIpc) is 2.98. The molecular weight excluding hydrogens is 452 g/mol. The molecule has 142 valence electrons. The lowest BCUT2D eigenvalue weighted by Crippen LogP contribution is -2.06. The van der Waals surface area contributed by atoms with Crippen LogP contribution in [0, 0.1) is 11.6 Å². The second kappa shape index (κ2) is 7.08. The summed E-state index contributed by atoms with van der Waals surface area (Å²) in [6.07, 6.45) is -2.23. The minimum atomic E-state index is -4.14. The van der Waals surface area contributed by atoms with Crippen LogP contribution >= 0.6 is 15.9 Å². The maximum atomic E-state index is 14.3. The first-order chi connectivity index (χ1) is 12.6. The SMILES string of the molecule is CS(=O)(=O)c1c(F)cc(-c2cc(C(F)F)nn2-c2cccc(Br)c2)cc1F. The van der Waals surface area contributed by atoms with Crippen LogP contribution in [-0.4, -0.2) is 24.5 Å². The summed E-state index contributed by atoms with van der Waals surface area (Å²) in [4.78, 5) is -1.08. The van der Waals surface area contributed by atoms with Gasteiger partial charge in [0.05, 0.1) is 11.4 Å². The van der Waals surface area contributed by atoms with E-state index in [-0.39, 0.29) is 11.3 Å². The van der Waals surface area contributed by atoms with Crippen LogP contribution < -0.4 is 0 Å². The maximum Gasteiger partial charge on any atom is 0.282 e. The summed E-state index contributed by atoms with van der Waals surface area (Å²) < 4.78 is 79.6. The number of sulfone groups is 1. The summed E-state index contributed by atoms with van der Waals surface area (Å²) in [6.45, 7) is 0. The van der Waals surface area contributed by atoms with Crippen molar-refractivity contribution in [3.05, 3.63) is 64.3 Å². The number of hydrogen-bond donors (Lipinski definition) is 0. The van der Waals surface area contributed by atoms with Gasteiger partial charge in [-0.05, 0) is 36.4 Å². The van der Waals surface area contributed by atoms with E-state index < -0.39 is 38.5 Å². The van der Waals surface area contributed by atoms with E-state index in [1.807, 2.05) is 0 Å². The standard InChI is InChI=1S/C17H11BrF4N2O2S/c1-27(25,26)16-12(19)5-9(6-13(16)20)15-8-14(17(21)22)23-24(15)11-4-2-3-10(18)7-11/h2-8,17H,1H3. The zero-order valence-corrected chi connectivity index (χ0v) is 16.0. The Hall–Kier alpha value is -2.20. The average molecular weight is 463 g/mol. The van der Waals surface area contributed by atoms with Gasteiger partial charge in [-0.25, -0.2) is 30.7 Å². The Balaban J connectivity index is 2.26. The Morgan fingerprint density at radius 3 is 2.22 bits per heavy atom. The highest BCUT2D eigenvalue weighted by molar-refractivity contribution is 9.10. The van der Waals surface area contributed by atoms with Crippen LogP contribution in [0.15, 0.2) is 51.8 Å². The van der Waals surface area contributed by atoms with Gasteiger partial charge in [0.1, 0.15) is 22.2 Å². The van der Waals surface area contributed by atoms with Crippen molar-refractivity contribution in [2.45, 2.75) is 11.3 Å². The third-order valence-electron chi connectivity index (χ3n) is 3.67. The van der Waals surface area contributed by atoms with Crippen molar-refractivity contribution in [1.29, 1.82) is 0 Å². The number of hydrogen-bond acceptors (Lipinski definition) is 3. The minimum Gasteiger partial charge on any atom is -0.233 e. The van der Waals surface area contributed by atoms with Crippen LogP contribution in [0.5, 0.6) is 0 Å². The minimum absolute atomic E-state index is 0.0127. The maximum absolute atomic E-state index is 14.3. The van der Waals surface area contributed by atoms with E-state index in [1.165, 1.54) is 0 Å². The molecular formula is C17H11BrF4N2O2S. The number of rotatable bonds is 4. The monoisotopic (exact) mass is 462 g/mol. The third kappa shape index (κ3) is 3.91. The van der Waals surface area contributed by atoms with E-state index in [0.717, 1.165) is 22.9 Å². The van der Waals surface area contributed by atoms with Gasteiger partial charge in [0, 0.05) is 16.3 Å². The zero-order chi connectivity index (χ0) is 19.9. The molecule has 0 saturated heterocycles. The van der Waals surface area contributed by atoms with Gasteiger partial charge in [-0.3, -0.25) is 0 Å². The van der Waals surface area contributed by atoms with Gasteiger partial charge in [0.2, 0.25) is 0 Å². The van der Waals surface area contributed by atoms with E-state index in [4.69, 9.17) is 0 Å². The van der Waals surface area contributed by atoms with Gasteiger partial charge in [0.25, 0.3) is 6.43 Å². The zero-order valence-electron chi connectivity index (χ0n) is 13.6. The van der Waals surface area contributed by atoms with Gasteiger partial charge in [-0.2, -0.15) is 5.10 Å². The largest absolute Gasteiger partial charge is 0.282 e. The number of nitrogens with zero attached hydrogens (tertiary/aromatic N) is 2. The van der Waals surface area contributed by atoms with E-state index in [2.05, 4.69) is 21.0 Å². The summed E-state index contributed by atoms with van der Waals surface area (Å²) in [7, 11) is -4.14. The van der Waals surface area contributed by atoms with E-state index in [9.17, 15) is 26.0 Å². The lowest BCUT2D eigenvalue weighted by Gasteiger charge is -2.10. The van der Waals surface area contributed by atoms with Crippen molar-refractivity contribution in [3.63, 3.8) is 0 Å². The second-order valence-electron chi connectivity index (χ2n) is 5.69. The predicted octanol–water partition coefficient (Wildman–Crippen LogP) is 4.92. The summed E-state index contributed by atoms with van der Waals surface area (Å²) in [5.74, 6) is -2.62. The molecule has 3 rings (SSSR count). The van der Waals surface area contributed by atoms with Crippen molar-refractivity contribution < 1.29 is 26.0 Å². The van der Waals surface area contributed by atoms with Gasteiger partial charge in [-0.15, -0.1) is 0 Å². The highest BCUT2D eigenvalue weighted by Crippen LogP contribution is 2.32. The van der Waals surface area contributed by atoms with Crippen LogP contribution in [-0.2, 0) is 9.84 Å². The molecule has 3 aromatic rings. The first-order valence-electron chi connectivity index (χ1n) is 7.41. The third-order valence-corrected chi connectivity index (χ3v) is 5.29. The number of halogens is 5. The topological polar surface area (TPSA) is 52.0 Å². The fourth-order valence-electron chi connectivity index (χ4n) is 2.58. The van der Waals surface area contributed by atoms with Crippen LogP contribution in [0.3, 0.4) is 0 Å². The lowest BCUT2D eigenvalue weighted by atomic mass is 10.1. The number of aromatic nitrogens is 2. The molecule has 27 heavy (non-hydrogen) atoms. The molecule has 2 aromatic carbocycles. The van der Waals surface area contributed by atoms with Crippen LogP contribution in [0.2, 0.25) is 0 Å². The molecule has 0 bridgehead atoms. The quantitative estimate of drug-likeness (QED) is 0.517. The Morgan fingerprint density at radius 1 is 1.07 bits per heavy atom.